The van der Waals surface area contributed by atoms with Crippen LogP contribution in [0.3, 0.4) is 0 Å². The van der Waals surface area contributed by atoms with E-state index < -0.39 is 18.0 Å². The Hall–Kier alpha value is -2.26. The number of aliphatic hydroxyl groups is 1. The standard InChI is InChI=1S/C16H17F3N4O2/c1-10-9-25-12(8-24)7-23(10)14-5-13(16(17,18)19)21-15(22-14)11-3-2-4-20-6-11/h2-6,10,12,24H,7-9H2,1H3/t10-,12-/m0/s1. The lowest BCUT2D eigenvalue weighted by Crippen LogP contribution is -2.50. The van der Waals surface area contributed by atoms with E-state index in [2.05, 4.69) is 15.0 Å². The van der Waals surface area contributed by atoms with Crippen molar-refractivity contribution >= 4 is 5.82 Å². The molecule has 0 saturated carbocycles. The van der Waals surface area contributed by atoms with Gasteiger partial charge < -0.3 is 14.7 Å². The van der Waals surface area contributed by atoms with Gasteiger partial charge in [-0.15, -0.1) is 0 Å². The molecule has 1 fully saturated rings. The Morgan fingerprint density at radius 3 is 2.80 bits per heavy atom. The van der Waals surface area contributed by atoms with Crippen molar-refractivity contribution in [3.63, 3.8) is 0 Å². The third-order valence-corrected chi connectivity index (χ3v) is 3.93. The third-order valence-electron chi connectivity index (χ3n) is 3.93. The van der Waals surface area contributed by atoms with Crippen LogP contribution >= 0.6 is 0 Å². The maximum absolute atomic E-state index is 13.3. The first-order chi connectivity index (χ1) is 11.9. The van der Waals surface area contributed by atoms with Crippen LogP contribution in [0.5, 0.6) is 0 Å². The molecule has 2 aromatic heterocycles. The molecule has 9 heteroatoms. The topological polar surface area (TPSA) is 71.4 Å². The van der Waals surface area contributed by atoms with Crippen LogP contribution in [0.2, 0.25) is 0 Å². The van der Waals surface area contributed by atoms with Crippen LogP contribution in [0.1, 0.15) is 12.6 Å². The number of pyridine rings is 1. The summed E-state index contributed by atoms with van der Waals surface area (Å²) in [6.45, 7) is 2.15. The molecule has 2 aromatic rings. The van der Waals surface area contributed by atoms with Gasteiger partial charge in [-0.2, -0.15) is 13.2 Å². The van der Waals surface area contributed by atoms with Crippen molar-refractivity contribution in [2.75, 3.05) is 24.7 Å². The first-order valence-corrected chi connectivity index (χ1v) is 7.74. The molecule has 1 aliphatic rings. The second-order valence-electron chi connectivity index (χ2n) is 5.81. The number of ether oxygens (including phenoxy) is 1. The van der Waals surface area contributed by atoms with E-state index in [1.54, 1.807) is 17.0 Å². The highest BCUT2D eigenvalue weighted by molar-refractivity contribution is 5.57. The van der Waals surface area contributed by atoms with Crippen molar-refractivity contribution in [2.24, 2.45) is 0 Å². The van der Waals surface area contributed by atoms with Gasteiger partial charge >= 0.3 is 6.18 Å². The molecular formula is C16H17F3N4O2. The van der Waals surface area contributed by atoms with Crippen LogP contribution in [0.15, 0.2) is 30.6 Å². The Morgan fingerprint density at radius 1 is 1.36 bits per heavy atom. The number of aliphatic hydroxyl groups excluding tert-OH is 1. The second kappa shape index (κ2) is 6.93. The molecule has 6 nitrogen and oxygen atoms in total. The fourth-order valence-corrected chi connectivity index (χ4v) is 2.60. The van der Waals surface area contributed by atoms with E-state index in [4.69, 9.17) is 4.74 Å². The van der Waals surface area contributed by atoms with Gasteiger partial charge in [-0.1, -0.05) is 0 Å². The number of nitrogens with zero attached hydrogens (tertiary/aromatic N) is 4. The SMILES string of the molecule is C[C@H]1CO[C@H](CO)CN1c1cc(C(F)(F)F)nc(-c2cccnc2)n1. The summed E-state index contributed by atoms with van der Waals surface area (Å²) in [6.07, 6.45) is -2.13. The Bertz CT molecular complexity index is 727. The largest absolute Gasteiger partial charge is 0.433 e. The first-order valence-electron chi connectivity index (χ1n) is 7.74. The van der Waals surface area contributed by atoms with Gasteiger partial charge in [0.25, 0.3) is 0 Å². The molecule has 0 amide bonds. The molecular weight excluding hydrogens is 337 g/mol. The van der Waals surface area contributed by atoms with E-state index in [0.717, 1.165) is 6.07 Å². The average molecular weight is 354 g/mol. The van der Waals surface area contributed by atoms with Gasteiger partial charge in [0, 0.05) is 30.6 Å². The van der Waals surface area contributed by atoms with Gasteiger partial charge in [0.2, 0.25) is 0 Å². The predicted octanol–water partition coefficient (Wildman–Crippen LogP) is 2.14. The van der Waals surface area contributed by atoms with Gasteiger partial charge in [-0.25, -0.2) is 9.97 Å². The number of morpholine rings is 1. The smallest absolute Gasteiger partial charge is 0.394 e. The monoisotopic (exact) mass is 354 g/mol. The van der Waals surface area contributed by atoms with Crippen molar-refractivity contribution in [3.8, 4) is 11.4 Å². The van der Waals surface area contributed by atoms with Gasteiger partial charge in [0.15, 0.2) is 11.5 Å². The summed E-state index contributed by atoms with van der Waals surface area (Å²) in [6, 6.07) is 3.96. The van der Waals surface area contributed by atoms with Crippen LogP contribution in [0, 0.1) is 0 Å². The highest BCUT2D eigenvalue weighted by Crippen LogP contribution is 2.32. The number of aromatic nitrogens is 3. The summed E-state index contributed by atoms with van der Waals surface area (Å²) >= 11 is 0. The zero-order valence-corrected chi connectivity index (χ0v) is 13.4. The Morgan fingerprint density at radius 2 is 2.16 bits per heavy atom. The van der Waals surface area contributed by atoms with E-state index in [1.807, 2.05) is 6.92 Å². The molecule has 0 aromatic carbocycles. The Balaban J connectivity index is 2.06. The molecule has 0 unspecified atom stereocenters. The number of hydrogen-bond donors (Lipinski definition) is 1. The minimum absolute atomic E-state index is 0.0443. The molecule has 25 heavy (non-hydrogen) atoms. The Kier molecular flexibility index (Phi) is 4.87. The number of anilines is 1. The van der Waals surface area contributed by atoms with Crippen molar-refractivity contribution in [3.05, 3.63) is 36.3 Å². The van der Waals surface area contributed by atoms with Crippen LogP contribution in [-0.4, -0.2) is 52.0 Å². The zero-order chi connectivity index (χ0) is 18.0. The minimum Gasteiger partial charge on any atom is -0.394 e. The number of halogens is 3. The molecule has 0 spiro atoms. The number of hydrogen-bond acceptors (Lipinski definition) is 6. The van der Waals surface area contributed by atoms with Gasteiger partial charge in [-0.3, -0.25) is 4.98 Å². The van der Waals surface area contributed by atoms with Crippen molar-refractivity contribution in [1.29, 1.82) is 0 Å². The summed E-state index contributed by atoms with van der Waals surface area (Å²) in [5.41, 5.74) is -0.620. The quantitative estimate of drug-likeness (QED) is 0.911. The van der Waals surface area contributed by atoms with Crippen molar-refractivity contribution in [2.45, 2.75) is 25.2 Å². The van der Waals surface area contributed by atoms with Gasteiger partial charge in [-0.05, 0) is 19.1 Å². The minimum atomic E-state index is -4.60. The van der Waals surface area contributed by atoms with E-state index in [9.17, 15) is 18.3 Å². The summed E-state index contributed by atoms with van der Waals surface area (Å²) in [7, 11) is 0. The lowest BCUT2D eigenvalue weighted by Gasteiger charge is -2.38. The summed E-state index contributed by atoms with van der Waals surface area (Å²) in [5, 5.41) is 9.29. The maximum Gasteiger partial charge on any atom is 0.433 e. The van der Waals surface area contributed by atoms with Gasteiger partial charge in [0.1, 0.15) is 5.82 Å². The molecule has 2 atom stereocenters. The molecule has 0 bridgehead atoms. The average Bonchev–Trinajstić information content (AvgIpc) is 2.62. The van der Waals surface area contributed by atoms with Crippen LogP contribution in [-0.2, 0) is 10.9 Å². The van der Waals surface area contributed by atoms with E-state index in [-0.39, 0.29) is 30.8 Å². The van der Waals surface area contributed by atoms with E-state index >= 15 is 0 Å². The van der Waals surface area contributed by atoms with Crippen LogP contribution in [0.25, 0.3) is 11.4 Å². The summed E-state index contributed by atoms with van der Waals surface area (Å²) in [4.78, 5) is 13.6. The second-order valence-corrected chi connectivity index (χ2v) is 5.81. The molecule has 0 aliphatic carbocycles. The lowest BCUT2D eigenvalue weighted by molar-refractivity contribution is -0.141. The summed E-state index contributed by atoms with van der Waals surface area (Å²) in [5.74, 6) is 0.104. The maximum atomic E-state index is 13.3. The lowest BCUT2D eigenvalue weighted by atomic mass is 10.2. The van der Waals surface area contributed by atoms with Crippen molar-refractivity contribution < 1.29 is 23.0 Å². The highest BCUT2D eigenvalue weighted by Gasteiger charge is 2.35. The first kappa shape index (κ1) is 17.6. The Labute approximate surface area is 142 Å². The fraction of sp³-hybridized carbons (Fsp3) is 0.438. The molecule has 1 N–H and O–H groups in total. The van der Waals surface area contributed by atoms with Crippen molar-refractivity contribution in [1.82, 2.24) is 15.0 Å². The number of rotatable bonds is 3. The normalized spacial score (nSPS) is 21.4. The molecule has 1 saturated heterocycles. The molecule has 0 radical (unpaired) electrons. The van der Waals surface area contributed by atoms with Crippen LogP contribution in [0.4, 0.5) is 19.0 Å². The van der Waals surface area contributed by atoms with Gasteiger partial charge in [0.05, 0.1) is 25.4 Å². The third kappa shape index (κ3) is 3.88. The highest BCUT2D eigenvalue weighted by atomic mass is 19.4. The summed E-state index contributed by atoms with van der Waals surface area (Å²) < 4.78 is 45.3. The molecule has 3 heterocycles. The molecule has 134 valence electrons. The van der Waals surface area contributed by atoms with E-state index in [1.165, 1.54) is 12.4 Å². The van der Waals surface area contributed by atoms with Crippen LogP contribution < -0.4 is 4.90 Å². The zero-order valence-electron chi connectivity index (χ0n) is 13.4. The number of alkyl halides is 3. The fourth-order valence-electron chi connectivity index (χ4n) is 2.60. The molecule has 3 rings (SSSR count). The molecule has 1 aliphatic heterocycles. The predicted molar refractivity (Wildman–Crippen MR) is 83.9 cm³/mol. The van der Waals surface area contributed by atoms with E-state index in [0.29, 0.717) is 12.2 Å².